The molecule has 0 saturated heterocycles. The first-order chi connectivity index (χ1) is 9.95. The molecule has 0 aliphatic heterocycles. The van der Waals surface area contributed by atoms with Crippen molar-refractivity contribution in [2.75, 3.05) is 5.32 Å². The summed E-state index contributed by atoms with van der Waals surface area (Å²) in [4.78, 5) is 19.6. The zero-order valence-corrected chi connectivity index (χ0v) is 12.6. The summed E-state index contributed by atoms with van der Waals surface area (Å²) in [5.74, 6) is -0.157. The Morgan fingerprint density at radius 2 is 2.05 bits per heavy atom. The monoisotopic (exact) mass is 305 g/mol. The van der Waals surface area contributed by atoms with Crippen LogP contribution in [-0.4, -0.2) is 27.1 Å². The van der Waals surface area contributed by atoms with Crippen LogP contribution in [0.2, 0.25) is 5.02 Å². The third-order valence-electron chi connectivity index (χ3n) is 2.73. The topological polar surface area (TPSA) is 75.1 Å². The van der Waals surface area contributed by atoms with Crippen molar-refractivity contribution in [3.63, 3.8) is 0 Å². The Morgan fingerprint density at radius 1 is 1.33 bits per heavy atom. The van der Waals surface area contributed by atoms with Crippen LogP contribution < -0.4 is 5.32 Å². The van der Waals surface area contributed by atoms with E-state index in [1.807, 2.05) is 32.0 Å². The number of nitrogens with one attached hydrogen (secondary N) is 1. The van der Waals surface area contributed by atoms with Gasteiger partial charge in [0.2, 0.25) is 0 Å². The summed E-state index contributed by atoms with van der Waals surface area (Å²) >= 11 is 6.11. The summed E-state index contributed by atoms with van der Waals surface area (Å²) in [5, 5.41) is 12.8. The third kappa shape index (κ3) is 4.16. The molecule has 6 heteroatoms. The van der Waals surface area contributed by atoms with E-state index in [1.54, 1.807) is 6.07 Å². The Morgan fingerprint density at radius 3 is 2.67 bits per heavy atom. The molecule has 1 heterocycles. The van der Waals surface area contributed by atoms with Gasteiger partial charge in [0.15, 0.2) is 5.69 Å². The van der Waals surface area contributed by atoms with E-state index in [4.69, 9.17) is 16.7 Å². The van der Waals surface area contributed by atoms with Gasteiger partial charge in [0.05, 0.1) is 0 Å². The Hall–Kier alpha value is -2.14. The van der Waals surface area contributed by atoms with Gasteiger partial charge < -0.3 is 10.4 Å². The number of aromatic carboxylic acids is 1. The molecule has 1 aromatic carbocycles. The number of hydrogen-bond donors (Lipinski definition) is 2. The van der Waals surface area contributed by atoms with Gasteiger partial charge in [-0.2, -0.15) is 0 Å². The predicted octanol–water partition coefficient (Wildman–Crippen LogP) is 3.24. The maximum atomic E-state index is 11.2. The van der Waals surface area contributed by atoms with Crippen LogP contribution in [0.1, 0.15) is 35.7 Å². The van der Waals surface area contributed by atoms with Crippen LogP contribution in [0.25, 0.3) is 0 Å². The molecule has 2 rings (SSSR count). The number of halogens is 1. The Labute approximate surface area is 128 Å². The quantitative estimate of drug-likeness (QED) is 0.887. The summed E-state index contributed by atoms with van der Waals surface area (Å²) in [6.45, 7) is 3.91. The van der Waals surface area contributed by atoms with E-state index in [2.05, 4.69) is 15.3 Å². The van der Waals surface area contributed by atoms with E-state index in [-0.39, 0.29) is 11.7 Å². The molecule has 2 aromatic rings. The number of rotatable bonds is 5. The Kier molecular flexibility index (Phi) is 4.75. The molecule has 0 bridgehead atoms. The van der Waals surface area contributed by atoms with Gasteiger partial charge in [0.1, 0.15) is 11.6 Å². The van der Waals surface area contributed by atoms with E-state index in [0.29, 0.717) is 23.1 Å². The molecule has 1 aromatic heterocycles. The number of carbonyl (C=O) groups is 1. The van der Waals surface area contributed by atoms with Crippen molar-refractivity contribution in [2.24, 2.45) is 0 Å². The molecule has 2 N–H and O–H groups in total. The lowest BCUT2D eigenvalue weighted by Crippen LogP contribution is -2.14. The van der Waals surface area contributed by atoms with Crippen molar-refractivity contribution >= 4 is 23.4 Å². The predicted molar refractivity (Wildman–Crippen MR) is 82.0 cm³/mol. The second-order valence-electron chi connectivity index (χ2n) is 4.93. The maximum Gasteiger partial charge on any atom is 0.354 e. The molecule has 5 nitrogen and oxygen atoms in total. The highest BCUT2D eigenvalue weighted by Gasteiger charge is 2.12. The van der Waals surface area contributed by atoms with Gasteiger partial charge in [-0.3, -0.25) is 0 Å². The third-order valence-corrected chi connectivity index (χ3v) is 3.10. The van der Waals surface area contributed by atoms with Crippen LogP contribution in [0.15, 0.2) is 30.3 Å². The van der Waals surface area contributed by atoms with Gasteiger partial charge in [0, 0.05) is 23.6 Å². The van der Waals surface area contributed by atoms with Gasteiger partial charge in [-0.25, -0.2) is 14.8 Å². The average Bonchev–Trinajstić information content (AvgIpc) is 2.40. The lowest BCUT2D eigenvalue weighted by Gasteiger charge is -2.11. The number of carboxylic acids is 1. The number of aromatic nitrogens is 2. The van der Waals surface area contributed by atoms with Crippen LogP contribution in [0.3, 0.4) is 0 Å². The largest absolute Gasteiger partial charge is 0.477 e. The number of anilines is 1. The fraction of sp³-hybridized carbons (Fsp3) is 0.267. The van der Waals surface area contributed by atoms with Crippen molar-refractivity contribution in [2.45, 2.75) is 26.3 Å². The maximum absolute atomic E-state index is 11.2. The second kappa shape index (κ2) is 6.54. The minimum absolute atomic E-state index is 0.0322. The van der Waals surface area contributed by atoms with Gasteiger partial charge in [-0.1, -0.05) is 29.8 Å². The second-order valence-corrected chi connectivity index (χ2v) is 5.33. The summed E-state index contributed by atoms with van der Waals surface area (Å²) in [7, 11) is 0. The molecule has 0 atom stereocenters. The van der Waals surface area contributed by atoms with Gasteiger partial charge >= 0.3 is 5.97 Å². The smallest absolute Gasteiger partial charge is 0.354 e. The van der Waals surface area contributed by atoms with Crippen LogP contribution >= 0.6 is 11.6 Å². The zero-order valence-electron chi connectivity index (χ0n) is 11.8. The van der Waals surface area contributed by atoms with Crippen LogP contribution in [0.4, 0.5) is 5.82 Å². The van der Waals surface area contributed by atoms with Crippen LogP contribution in [0, 0.1) is 0 Å². The van der Waals surface area contributed by atoms with E-state index in [1.165, 1.54) is 6.07 Å². The molecule has 0 unspecified atom stereocenters. The molecular formula is C15H16ClN3O2. The molecule has 21 heavy (non-hydrogen) atoms. The number of benzene rings is 1. The first-order valence-corrected chi connectivity index (χ1v) is 6.94. The van der Waals surface area contributed by atoms with Crippen LogP contribution in [0.5, 0.6) is 0 Å². The van der Waals surface area contributed by atoms with Crippen molar-refractivity contribution in [1.82, 2.24) is 9.97 Å². The Bertz CT molecular complexity index is 659. The summed E-state index contributed by atoms with van der Waals surface area (Å²) < 4.78 is 0. The van der Waals surface area contributed by atoms with E-state index in [0.717, 1.165) is 5.56 Å². The molecule has 0 aliphatic rings. The molecular weight excluding hydrogens is 290 g/mol. The van der Waals surface area contributed by atoms with Crippen molar-refractivity contribution < 1.29 is 9.90 Å². The van der Waals surface area contributed by atoms with Crippen molar-refractivity contribution in [3.05, 3.63) is 52.4 Å². The summed E-state index contributed by atoms with van der Waals surface area (Å²) in [6.07, 6.45) is 0.383. The summed E-state index contributed by atoms with van der Waals surface area (Å²) in [6, 6.07) is 8.94. The van der Waals surface area contributed by atoms with Crippen molar-refractivity contribution in [3.8, 4) is 0 Å². The highest BCUT2D eigenvalue weighted by molar-refractivity contribution is 6.31. The standard InChI is InChI=1S/C15H16ClN3O2/c1-9(2)17-14-8-12(15(20)21)18-13(19-14)7-10-5-3-4-6-11(10)16/h3-6,8-9H,7H2,1-2H3,(H,20,21)(H,17,18,19). The normalized spacial score (nSPS) is 10.7. The average molecular weight is 306 g/mol. The van der Waals surface area contributed by atoms with Gasteiger partial charge in [-0.15, -0.1) is 0 Å². The SMILES string of the molecule is CC(C)Nc1cc(C(=O)O)nc(Cc2ccccc2Cl)n1. The zero-order chi connectivity index (χ0) is 15.4. The molecule has 0 radical (unpaired) electrons. The van der Waals surface area contributed by atoms with E-state index in [9.17, 15) is 4.79 Å². The van der Waals surface area contributed by atoms with Gasteiger partial charge in [-0.05, 0) is 25.5 Å². The number of nitrogens with zero attached hydrogens (tertiary/aromatic N) is 2. The minimum Gasteiger partial charge on any atom is -0.477 e. The first-order valence-electron chi connectivity index (χ1n) is 6.57. The van der Waals surface area contributed by atoms with Crippen molar-refractivity contribution in [1.29, 1.82) is 0 Å². The number of hydrogen-bond acceptors (Lipinski definition) is 4. The van der Waals surface area contributed by atoms with E-state index < -0.39 is 5.97 Å². The van der Waals surface area contributed by atoms with Gasteiger partial charge in [0.25, 0.3) is 0 Å². The highest BCUT2D eigenvalue weighted by atomic mass is 35.5. The van der Waals surface area contributed by atoms with Crippen LogP contribution in [-0.2, 0) is 6.42 Å². The summed E-state index contributed by atoms with van der Waals surface area (Å²) in [5.41, 5.74) is 0.826. The molecule has 0 amide bonds. The fourth-order valence-corrected chi connectivity index (χ4v) is 2.07. The Balaban J connectivity index is 2.36. The molecule has 110 valence electrons. The molecule has 0 saturated carbocycles. The highest BCUT2D eigenvalue weighted by Crippen LogP contribution is 2.18. The first kappa shape index (κ1) is 15.3. The lowest BCUT2D eigenvalue weighted by molar-refractivity contribution is 0.0690. The molecule has 0 fully saturated rings. The lowest BCUT2D eigenvalue weighted by atomic mass is 10.1. The van der Waals surface area contributed by atoms with E-state index >= 15 is 0 Å². The fourth-order valence-electron chi connectivity index (χ4n) is 1.87. The number of carboxylic acid groups (broad SMARTS) is 1. The molecule has 0 spiro atoms. The minimum atomic E-state index is -1.08. The molecule has 0 aliphatic carbocycles.